The molecule has 0 unspecified atom stereocenters. The molecule has 0 bridgehead atoms. The lowest BCUT2D eigenvalue weighted by molar-refractivity contribution is 0.0879. The van der Waals surface area contributed by atoms with Gasteiger partial charge in [-0.1, -0.05) is 12.1 Å². The van der Waals surface area contributed by atoms with Crippen molar-refractivity contribution in [3.63, 3.8) is 0 Å². The first-order valence-electron chi connectivity index (χ1n) is 12.3. The number of methoxy groups -OCH3 is 1. The number of rotatable bonds is 11. The number of hydrogen-bond donors (Lipinski definition) is 1. The number of thiophene rings is 1. The van der Waals surface area contributed by atoms with E-state index in [4.69, 9.17) is 14.2 Å². The SMILES string of the molecule is COCCOc1cc(C(=O)N[C@@H]2CCCN(C(C)C)C2)nc2c(OCC(=O)c3cccs3)cccc12. The zero-order valence-electron chi connectivity index (χ0n) is 21.0. The fourth-order valence-corrected chi connectivity index (χ4v) is 4.93. The first-order chi connectivity index (χ1) is 17.5. The van der Waals surface area contributed by atoms with Crippen molar-refractivity contribution in [2.45, 2.75) is 38.8 Å². The summed E-state index contributed by atoms with van der Waals surface area (Å²) in [7, 11) is 1.61. The highest BCUT2D eigenvalue weighted by molar-refractivity contribution is 7.12. The fourth-order valence-electron chi connectivity index (χ4n) is 4.28. The molecular formula is C27H33N3O5S. The third-order valence-electron chi connectivity index (χ3n) is 6.22. The Bertz CT molecular complexity index is 1180. The van der Waals surface area contributed by atoms with Gasteiger partial charge in [0.1, 0.15) is 29.3 Å². The van der Waals surface area contributed by atoms with Crippen LogP contribution in [0.2, 0.25) is 0 Å². The molecule has 0 spiro atoms. The van der Waals surface area contributed by atoms with E-state index in [1.165, 1.54) is 11.3 Å². The van der Waals surface area contributed by atoms with E-state index in [1.54, 1.807) is 25.3 Å². The highest BCUT2D eigenvalue weighted by atomic mass is 32.1. The van der Waals surface area contributed by atoms with Crippen molar-refractivity contribution in [2.24, 2.45) is 0 Å². The molecule has 4 rings (SSSR count). The molecule has 192 valence electrons. The van der Waals surface area contributed by atoms with Gasteiger partial charge in [0.2, 0.25) is 5.78 Å². The molecule has 1 fully saturated rings. The Labute approximate surface area is 215 Å². The lowest BCUT2D eigenvalue weighted by Gasteiger charge is -2.35. The number of pyridine rings is 1. The van der Waals surface area contributed by atoms with E-state index < -0.39 is 0 Å². The average Bonchev–Trinajstić information content (AvgIpc) is 3.42. The van der Waals surface area contributed by atoms with Crippen LogP contribution in [-0.4, -0.2) is 73.7 Å². The number of fused-ring (bicyclic) bond motifs is 1. The number of para-hydroxylation sites is 1. The number of Topliss-reactive ketones (excluding diaryl/α,β-unsaturated/α-hetero) is 1. The number of nitrogens with one attached hydrogen (secondary N) is 1. The van der Waals surface area contributed by atoms with Crippen LogP contribution < -0.4 is 14.8 Å². The van der Waals surface area contributed by atoms with Gasteiger partial charge in [0.25, 0.3) is 5.91 Å². The van der Waals surface area contributed by atoms with Crippen LogP contribution in [0.1, 0.15) is 46.8 Å². The second kappa shape index (κ2) is 12.3. The highest BCUT2D eigenvalue weighted by Gasteiger charge is 2.25. The largest absolute Gasteiger partial charge is 0.490 e. The maximum atomic E-state index is 13.3. The number of ether oxygens (including phenoxy) is 3. The Kier molecular flexibility index (Phi) is 8.90. The number of carbonyl (C=O) groups excluding carboxylic acids is 2. The molecule has 1 N–H and O–H groups in total. The molecular weight excluding hydrogens is 478 g/mol. The molecule has 1 amide bonds. The van der Waals surface area contributed by atoms with Crippen molar-refractivity contribution >= 4 is 33.9 Å². The summed E-state index contributed by atoms with van der Waals surface area (Å²) >= 11 is 1.37. The normalized spacial score (nSPS) is 16.3. The van der Waals surface area contributed by atoms with Gasteiger partial charge in [-0.3, -0.25) is 14.5 Å². The van der Waals surface area contributed by atoms with Gasteiger partial charge in [-0.2, -0.15) is 0 Å². The second-order valence-corrected chi connectivity index (χ2v) is 10.0. The number of likely N-dealkylation sites (tertiary alicyclic amines) is 1. The topological polar surface area (TPSA) is 90.0 Å². The van der Waals surface area contributed by atoms with Crippen LogP contribution in [0.3, 0.4) is 0 Å². The van der Waals surface area contributed by atoms with Crippen LogP contribution in [0.4, 0.5) is 0 Å². The zero-order valence-corrected chi connectivity index (χ0v) is 21.8. The van der Waals surface area contributed by atoms with Gasteiger partial charge < -0.3 is 19.5 Å². The van der Waals surface area contributed by atoms with E-state index >= 15 is 0 Å². The number of benzene rings is 1. The first-order valence-corrected chi connectivity index (χ1v) is 13.1. The quantitative estimate of drug-likeness (QED) is 0.305. The van der Waals surface area contributed by atoms with Gasteiger partial charge in [-0.05, 0) is 56.8 Å². The Balaban J connectivity index is 1.59. The van der Waals surface area contributed by atoms with Crippen molar-refractivity contribution in [3.05, 3.63) is 52.3 Å². The summed E-state index contributed by atoms with van der Waals surface area (Å²) in [6.07, 6.45) is 1.97. The second-order valence-electron chi connectivity index (χ2n) is 9.09. The van der Waals surface area contributed by atoms with E-state index in [1.807, 2.05) is 23.6 Å². The average molecular weight is 512 g/mol. The summed E-state index contributed by atoms with van der Waals surface area (Å²) in [6.45, 7) is 6.81. The molecule has 3 heterocycles. The number of amides is 1. The van der Waals surface area contributed by atoms with Crippen molar-refractivity contribution in [1.82, 2.24) is 15.2 Å². The predicted octanol–water partition coefficient (Wildman–Crippen LogP) is 4.19. The van der Waals surface area contributed by atoms with Crippen molar-refractivity contribution in [1.29, 1.82) is 0 Å². The van der Waals surface area contributed by atoms with Crippen LogP contribution in [-0.2, 0) is 4.74 Å². The summed E-state index contributed by atoms with van der Waals surface area (Å²) in [5, 5.41) is 5.71. The molecule has 1 saturated heterocycles. The zero-order chi connectivity index (χ0) is 25.5. The van der Waals surface area contributed by atoms with E-state index in [9.17, 15) is 9.59 Å². The minimum absolute atomic E-state index is 0.0546. The molecule has 3 aromatic rings. The molecule has 0 saturated carbocycles. The van der Waals surface area contributed by atoms with Gasteiger partial charge in [0.15, 0.2) is 6.61 Å². The molecule has 2 aromatic heterocycles. The Morgan fingerprint density at radius 1 is 1.17 bits per heavy atom. The Morgan fingerprint density at radius 3 is 2.78 bits per heavy atom. The highest BCUT2D eigenvalue weighted by Crippen LogP contribution is 2.32. The predicted molar refractivity (Wildman–Crippen MR) is 140 cm³/mol. The number of hydrogen-bond acceptors (Lipinski definition) is 8. The van der Waals surface area contributed by atoms with Crippen LogP contribution in [0.15, 0.2) is 41.8 Å². The lowest BCUT2D eigenvalue weighted by Crippen LogP contribution is -2.49. The fraction of sp³-hybridized carbons (Fsp3) is 0.444. The summed E-state index contributed by atoms with van der Waals surface area (Å²) in [5.74, 6) is 0.574. The Morgan fingerprint density at radius 2 is 2.03 bits per heavy atom. The van der Waals surface area contributed by atoms with Crippen LogP contribution in [0, 0.1) is 0 Å². The van der Waals surface area contributed by atoms with Gasteiger partial charge in [0.05, 0.1) is 11.5 Å². The minimum atomic E-state index is -0.256. The van der Waals surface area contributed by atoms with Crippen molar-refractivity contribution in [2.75, 3.05) is 40.0 Å². The standard InChI is InChI=1S/C27H33N3O5S/c1-18(2)30-11-5-7-19(16-30)28-27(32)21-15-24(34-13-12-33-3)20-8-4-9-23(26(20)29-21)35-17-22(31)25-10-6-14-36-25/h4,6,8-10,14-15,18-19H,5,7,11-13,16-17H2,1-3H3,(H,28,32)/t19-/m1/s1. The van der Waals surface area contributed by atoms with Crippen LogP contribution >= 0.6 is 11.3 Å². The lowest BCUT2D eigenvalue weighted by atomic mass is 10.0. The molecule has 0 aliphatic carbocycles. The van der Waals surface area contributed by atoms with Crippen molar-refractivity contribution < 1.29 is 23.8 Å². The van der Waals surface area contributed by atoms with Gasteiger partial charge in [-0.15, -0.1) is 11.3 Å². The number of nitrogens with zero attached hydrogens (tertiary/aromatic N) is 2. The number of aromatic nitrogens is 1. The van der Waals surface area contributed by atoms with Crippen LogP contribution in [0.25, 0.3) is 10.9 Å². The smallest absolute Gasteiger partial charge is 0.270 e. The van der Waals surface area contributed by atoms with Gasteiger partial charge in [0, 0.05) is 37.2 Å². The summed E-state index contributed by atoms with van der Waals surface area (Å²) < 4.78 is 17.0. The monoisotopic (exact) mass is 511 g/mol. The molecule has 1 atom stereocenters. The molecule has 1 aliphatic heterocycles. The number of carbonyl (C=O) groups is 2. The molecule has 1 aliphatic rings. The number of piperidine rings is 1. The summed E-state index contributed by atoms with van der Waals surface area (Å²) in [4.78, 5) is 33.4. The third-order valence-corrected chi connectivity index (χ3v) is 7.13. The maximum absolute atomic E-state index is 13.3. The van der Waals surface area contributed by atoms with E-state index in [-0.39, 0.29) is 30.0 Å². The first kappa shape index (κ1) is 26.1. The molecule has 8 nitrogen and oxygen atoms in total. The van der Waals surface area contributed by atoms with E-state index in [2.05, 4.69) is 29.0 Å². The molecule has 36 heavy (non-hydrogen) atoms. The van der Waals surface area contributed by atoms with Crippen LogP contribution in [0.5, 0.6) is 11.5 Å². The molecule has 0 radical (unpaired) electrons. The summed E-state index contributed by atoms with van der Waals surface area (Å²) in [5.41, 5.74) is 0.723. The van der Waals surface area contributed by atoms with Gasteiger partial charge in [-0.25, -0.2) is 4.98 Å². The third kappa shape index (κ3) is 6.40. The Hall–Kier alpha value is -3.01. The maximum Gasteiger partial charge on any atom is 0.270 e. The number of ketones is 1. The summed E-state index contributed by atoms with van der Waals surface area (Å²) in [6, 6.07) is 11.2. The van der Waals surface area contributed by atoms with E-state index in [0.717, 1.165) is 25.9 Å². The van der Waals surface area contributed by atoms with Crippen molar-refractivity contribution in [3.8, 4) is 11.5 Å². The minimum Gasteiger partial charge on any atom is -0.490 e. The van der Waals surface area contributed by atoms with E-state index in [0.29, 0.717) is 46.5 Å². The molecule has 9 heteroatoms. The molecule has 1 aromatic carbocycles. The van der Waals surface area contributed by atoms with Gasteiger partial charge >= 0.3 is 0 Å².